The van der Waals surface area contributed by atoms with Crippen LogP contribution in [-0.2, 0) is 11.3 Å². The number of amides is 1. The number of piperazine rings is 1. The summed E-state index contributed by atoms with van der Waals surface area (Å²) in [5.74, 6) is -0.256. The highest BCUT2D eigenvalue weighted by molar-refractivity contribution is 7.15. The Hall–Kier alpha value is -2.29. The van der Waals surface area contributed by atoms with Gasteiger partial charge in [0, 0.05) is 61.5 Å². The molecule has 138 valence electrons. The van der Waals surface area contributed by atoms with Crippen LogP contribution in [-0.4, -0.2) is 53.4 Å². The molecule has 2 heterocycles. The molecular weight excluding hydrogens is 352 g/mol. The van der Waals surface area contributed by atoms with Gasteiger partial charge in [0.2, 0.25) is 5.91 Å². The fraction of sp³-hybridized carbons (Fsp3) is 0.389. The molecule has 0 radical (unpaired) electrons. The van der Waals surface area contributed by atoms with E-state index in [9.17, 15) is 14.9 Å². The monoisotopic (exact) mass is 374 g/mol. The van der Waals surface area contributed by atoms with Crippen LogP contribution in [0.2, 0.25) is 0 Å². The number of nitrogens with two attached hydrogens (primary N) is 1. The van der Waals surface area contributed by atoms with Crippen LogP contribution in [0.15, 0.2) is 36.4 Å². The molecule has 0 bridgehead atoms. The van der Waals surface area contributed by atoms with Crippen molar-refractivity contribution in [3.05, 3.63) is 51.4 Å². The molecule has 8 heteroatoms. The molecule has 1 amide bonds. The molecule has 2 aromatic rings. The number of rotatable bonds is 7. The summed E-state index contributed by atoms with van der Waals surface area (Å²) in [6.07, 6.45) is 0.407. The second-order valence-corrected chi connectivity index (χ2v) is 7.54. The molecule has 0 saturated carbocycles. The van der Waals surface area contributed by atoms with Gasteiger partial charge in [0.05, 0.1) is 10.5 Å². The van der Waals surface area contributed by atoms with Gasteiger partial charge in [-0.05, 0) is 18.2 Å². The van der Waals surface area contributed by atoms with Gasteiger partial charge in [-0.15, -0.1) is 11.3 Å². The summed E-state index contributed by atoms with van der Waals surface area (Å²) in [6, 6.07) is 10.9. The van der Waals surface area contributed by atoms with Crippen LogP contribution in [0.25, 0.3) is 10.4 Å². The van der Waals surface area contributed by atoms with Crippen LogP contribution in [0, 0.1) is 10.1 Å². The predicted molar refractivity (Wildman–Crippen MR) is 102 cm³/mol. The van der Waals surface area contributed by atoms with Gasteiger partial charge in [0.25, 0.3) is 5.69 Å². The van der Waals surface area contributed by atoms with Crippen molar-refractivity contribution in [3.63, 3.8) is 0 Å². The van der Waals surface area contributed by atoms with Gasteiger partial charge >= 0.3 is 0 Å². The maximum atomic E-state index is 11.2. The topological polar surface area (TPSA) is 92.7 Å². The Kier molecular flexibility index (Phi) is 5.97. The van der Waals surface area contributed by atoms with Crippen molar-refractivity contribution in [2.45, 2.75) is 13.0 Å². The van der Waals surface area contributed by atoms with Crippen LogP contribution in [0.3, 0.4) is 0 Å². The summed E-state index contributed by atoms with van der Waals surface area (Å²) in [4.78, 5) is 28.5. The van der Waals surface area contributed by atoms with E-state index >= 15 is 0 Å². The zero-order valence-electron chi connectivity index (χ0n) is 14.5. The van der Waals surface area contributed by atoms with E-state index in [1.54, 1.807) is 29.5 Å². The fourth-order valence-electron chi connectivity index (χ4n) is 3.11. The quantitative estimate of drug-likeness (QED) is 0.593. The maximum Gasteiger partial charge on any atom is 0.278 e. The van der Waals surface area contributed by atoms with E-state index in [0.29, 0.717) is 12.0 Å². The molecular formula is C18H22N4O3S. The van der Waals surface area contributed by atoms with Crippen LogP contribution >= 0.6 is 11.3 Å². The van der Waals surface area contributed by atoms with Crippen LogP contribution < -0.4 is 5.73 Å². The first-order chi connectivity index (χ1) is 12.5. The molecule has 0 atom stereocenters. The molecule has 1 aliphatic heterocycles. The van der Waals surface area contributed by atoms with E-state index in [1.165, 1.54) is 4.88 Å². The van der Waals surface area contributed by atoms with Gasteiger partial charge in [-0.1, -0.05) is 12.1 Å². The van der Waals surface area contributed by atoms with E-state index in [4.69, 9.17) is 5.73 Å². The summed E-state index contributed by atoms with van der Waals surface area (Å²) >= 11 is 1.61. The predicted octanol–water partition coefficient (Wildman–Crippen LogP) is 2.32. The molecule has 3 rings (SSSR count). The molecule has 2 N–H and O–H groups in total. The zero-order valence-corrected chi connectivity index (χ0v) is 15.3. The average molecular weight is 374 g/mol. The van der Waals surface area contributed by atoms with Gasteiger partial charge < -0.3 is 10.6 Å². The van der Waals surface area contributed by atoms with Crippen molar-refractivity contribution in [3.8, 4) is 10.4 Å². The first kappa shape index (κ1) is 18.5. The fourth-order valence-corrected chi connectivity index (χ4v) is 4.19. The third-order valence-corrected chi connectivity index (χ3v) is 5.65. The van der Waals surface area contributed by atoms with Crippen molar-refractivity contribution in [1.29, 1.82) is 0 Å². The second kappa shape index (κ2) is 8.39. The van der Waals surface area contributed by atoms with Crippen LogP contribution in [0.4, 0.5) is 5.69 Å². The summed E-state index contributed by atoms with van der Waals surface area (Å²) in [6.45, 7) is 5.30. The minimum Gasteiger partial charge on any atom is -0.370 e. The Morgan fingerprint density at radius 3 is 2.50 bits per heavy atom. The summed E-state index contributed by atoms with van der Waals surface area (Å²) < 4.78 is 0. The lowest BCUT2D eigenvalue weighted by molar-refractivity contribution is -0.384. The molecule has 7 nitrogen and oxygen atoms in total. The molecule has 1 aromatic carbocycles. The molecule has 1 fully saturated rings. The van der Waals surface area contributed by atoms with Gasteiger partial charge in [-0.25, -0.2) is 0 Å². The van der Waals surface area contributed by atoms with Crippen molar-refractivity contribution < 1.29 is 9.72 Å². The zero-order chi connectivity index (χ0) is 18.5. The summed E-state index contributed by atoms with van der Waals surface area (Å²) in [5, 5.41) is 11.2. The van der Waals surface area contributed by atoms with E-state index in [-0.39, 0.29) is 16.5 Å². The highest BCUT2D eigenvalue weighted by Gasteiger charge is 2.19. The highest BCUT2D eigenvalue weighted by Crippen LogP contribution is 2.35. The Balaban J connectivity index is 1.58. The van der Waals surface area contributed by atoms with E-state index in [1.807, 2.05) is 12.1 Å². The Morgan fingerprint density at radius 2 is 1.81 bits per heavy atom. The lowest BCUT2D eigenvalue weighted by atomic mass is 10.1. The lowest BCUT2D eigenvalue weighted by Gasteiger charge is -2.34. The number of thiophene rings is 1. The van der Waals surface area contributed by atoms with E-state index in [0.717, 1.165) is 44.1 Å². The number of carbonyl (C=O) groups is 1. The van der Waals surface area contributed by atoms with Crippen molar-refractivity contribution >= 4 is 22.9 Å². The second-order valence-electron chi connectivity index (χ2n) is 6.37. The van der Waals surface area contributed by atoms with Gasteiger partial charge in [-0.3, -0.25) is 19.8 Å². The minimum atomic E-state index is -0.333. The molecule has 0 aliphatic carbocycles. The molecule has 1 aromatic heterocycles. The summed E-state index contributed by atoms with van der Waals surface area (Å²) in [5.41, 5.74) is 6.02. The normalized spacial score (nSPS) is 15.8. The average Bonchev–Trinajstić information content (AvgIpc) is 3.09. The van der Waals surface area contributed by atoms with Gasteiger partial charge in [-0.2, -0.15) is 0 Å². The standard InChI is InChI=1S/C18H22N4O3S/c19-18(23)7-8-20-9-11-21(12-10-20)13-14-5-6-17(26-14)15-3-1-2-4-16(15)22(24)25/h1-6H,7-13H2,(H2,19,23). The molecule has 1 aliphatic rings. The largest absolute Gasteiger partial charge is 0.370 e. The smallest absolute Gasteiger partial charge is 0.278 e. The number of benzene rings is 1. The van der Waals surface area contributed by atoms with Crippen LogP contribution in [0.5, 0.6) is 0 Å². The Bertz CT molecular complexity index is 784. The van der Waals surface area contributed by atoms with Gasteiger partial charge in [0.15, 0.2) is 0 Å². The van der Waals surface area contributed by atoms with Crippen molar-refractivity contribution in [2.75, 3.05) is 32.7 Å². The maximum absolute atomic E-state index is 11.2. The number of primary amides is 1. The first-order valence-corrected chi connectivity index (χ1v) is 9.40. The number of nitro benzene ring substituents is 1. The van der Waals surface area contributed by atoms with Crippen LogP contribution in [0.1, 0.15) is 11.3 Å². The molecule has 1 saturated heterocycles. The minimum absolute atomic E-state index is 0.143. The van der Waals surface area contributed by atoms with Gasteiger partial charge in [0.1, 0.15) is 0 Å². The number of hydrogen-bond donors (Lipinski definition) is 1. The van der Waals surface area contributed by atoms with E-state index < -0.39 is 0 Å². The highest BCUT2D eigenvalue weighted by atomic mass is 32.1. The first-order valence-electron chi connectivity index (χ1n) is 8.58. The summed E-state index contributed by atoms with van der Waals surface area (Å²) in [7, 11) is 0. The number of nitro groups is 1. The molecule has 0 unspecified atom stereocenters. The number of nitrogens with zero attached hydrogens (tertiary/aromatic N) is 3. The lowest BCUT2D eigenvalue weighted by Crippen LogP contribution is -2.46. The van der Waals surface area contributed by atoms with Crippen molar-refractivity contribution in [2.24, 2.45) is 5.73 Å². The number of para-hydroxylation sites is 1. The SMILES string of the molecule is NC(=O)CCN1CCN(Cc2ccc(-c3ccccc3[N+](=O)[O-])s2)CC1. The number of hydrogen-bond acceptors (Lipinski definition) is 6. The van der Waals surface area contributed by atoms with E-state index in [2.05, 4.69) is 15.9 Å². The third kappa shape index (κ3) is 4.66. The molecule has 26 heavy (non-hydrogen) atoms. The third-order valence-electron chi connectivity index (χ3n) is 4.55. The Labute approximate surface area is 156 Å². The molecule has 0 spiro atoms. The Morgan fingerprint density at radius 1 is 1.12 bits per heavy atom. The van der Waals surface area contributed by atoms with Crippen molar-refractivity contribution in [1.82, 2.24) is 9.80 Å². The number of carbonyl (C=O) groups excluding carboxylic acids is 1.